The number of halogens is 1. The molecule has 0 unspecified atom stereocenters. The van der Waals surface area contributed by atoms with Crippen LogP contribution in [-0.4, -0.2) is 27.0 Å². The number of rotatable bonds is 5. The molecule has 0 saturated carbocycles. The molecule has 0 aliphatic carbocycles. The molecule has 0 aliphatic heterocycles. The molecule has 1 aromatic carbocycles. The summed E-state index contributed by atoms with van der Waals surface area (Å²) in [5.74, 6) is -0.570. The number of benzene rings is 1. The summed E-state index contributed by atoms with van der Waals surface area (Å²) in [7, 11) is 0. The lowest BCUT2D eigenvalue weighted by atomic mass is 10.2. The standard InChI is InChI=1S/C17H14ClN5O2/c18-12-6-7-19-13(8-12)17(25)21-15-9-14(22-23-15)16(24)20-10-11-4-2-1-3-5-11/h1-9H,10H2,(H,20,24)(H2,21,22,23,25). The molecule has 0 saturated heterocycles. The van der Waals surface area contributed by atoms with Crippen LogP contribution in [0.15, 0.2) is 54.7 Å². The van der Waals surface area contributed by atoms with Crippen molar-refractivity contribution in [2.45, 2.75) is 6.54 Å². The first kappa shape index (κ1) is 16.7. The molecule has 0 spiro atoms. The summed E-state index contributed by atoms with van der Waals surface area (Å²) in [6.07, 6.45) is 1.43. The maximum atomic E-state index is 12.1. The van der Waals surface area contributed by atoms with Gasteiger partial charge in [-0.1, -0.05) is 41.9 Å². The molecule has 0 atom stereocenters. The zero-order valence-corrected chi connectivity index (χ0v) is 13.7. The van der Waals surface area contributed by atoms with Gasteiger partial charge in [-0.25, -0.2) is 0 Å². The third kappa shape index (κ3) is 4.42. The molecule has 0 fully saturated rings. The van der Waals surface area contributed by atoms with Crippen molar-refractivity contribution >= 4 is 29.2 Å². The van der Waals surface area contributed by atoms with Gasteiger partial charge in [-0.05, 0) is 17.7 Å². The number of amides is 2. The predicted molar refractivity (Wildman–Crippen MR) is 93.4 cm³/mol. The van der Waals surface area contributed by atoms with Gasteiger partial charge in [0.2, 0.25) is 0 Å². The summed E-state index contributed by atoms with van der Waals surface area (Å²) in [5, 5.41) is 12.2. The van der Waals surface area contributed by atoms with E-state index in [0.29, 0.717) is 11.6 Å². The lowest BCUT2D eigenvalue weighted by Gasteiger charge is -2.03. The largest absolute Gasteiger partial charge is 0.347 e. The number of carbonyl (C=O) groups is 2. The lowest BCUT2D eigenvalue weighted by Crippen LogP contribution is -2.23. The molecule has 3 rings (SSSR count). The van der Waals surface area contributed by atoms with Crippen LogP contribution in [0.3, 0.4) is 0 Å². The molecule has 0 aliphatic rings. The van der Waals surface area contributed by atoms with E-state index in [2.05, 4.69) is 25.8 Å². The topological polar surface area (TPSA) is 99.8 Å². The highest BCUT2D eigenvalue weighted by Gasteiger charge is 2.13. The van der Waals surface area contributed by atoms with E-state index in [9.17, 15) is 9.59 Å². The van der Waals surface area contributed by atoms with Gasteiger partial charge in [0, 0.05) is 23.8 Å². The van der Waals surface area contributed by atoms with E-state index in [1.54, 1.807) is 6.07 Å². The summed E-state index contributed by atoms with van der Waals surface area (Å²) < 4.78 is 0. The van der Waals surface area contributed by atoms with E-state index in [0.717, 1.165) is 5.56 Å². The first-order chi connectivity index (χ1) is 12.1. The Labute approximate surface area is 148 Å². The van der Waals surface area contributed by atoms with E-state index in [1.807, 2.05) is 30.3 Å². The van der Waals surface area contributed by atoms with Crippen LogP contribution in [0.5, 0.6) is 0 Å². The Morgan fingerprint density at radius 3 is 2.64 bits per heavy atom. The second-order valence-corrected chi connectivity index (χ2v) is 5.58. The Kier molecular flexibility index (Phi) is 5.06. The Balaban J connectivity index is 1.60. The number of nitrogens with zero attached hydrogens (tertiary/aromatic N) is 2. The maximum Gasteiger partial charge on any atom is 0.275 e. The SMILES string of the molecule is O=C(Nc1cc(C(=O)NCc2ccccc2)[nH]n1)c1cc(Cl)ccn1. The molecule has 0 radical (unpaired) electrons. The van der Waals surface area contributed by atoms with Crippen LogP contribution in [0, 0.1) is 0 Å². The third-order valence-corrected chi connectivity index (χ3v) is 3.55. The van der Waals surface area contributed by atoms with E-state index in [4.69, 9.17) is 11.6 Å². The fraction of sp³-hybridized carbons (Fsp3) is 0.0588. The zero-order chi connectivity index (χ0) is 17.6. The number of carbonyl (C=O) groups excluding carboxylic acids is 2. The van der Waals surface area contributed by atoms with Gasteiger partial charge in [-0.3, -0.25) is 19.7 Å². The Hall–Kier alpha value is -3.19. The number of aromatic amines is 1. The van der Waals surface area contributed by atoms with Crippen molar-refractivity contribution in [3.05, 3.63) is 76.7 Å². The van der Waals surface area contributed by atoms with Crippen molar-refractivity contribution in [1.29, 1.82) is 0 Å². The van der Waals surface area contributed by atoms with E-state index >= 15 is 0 Å². The molecule has 126 valence electrons. The van der Waals surface area contributed by atoms with E-state index < -0.39 is 5.91 Å². The second kappa shape index (κ2) is 7.59. The smallest absolute Gasteiger partial charge is 0.275 e. The number of nitrogens with one attached hydrogen (secondary N) is 3. The normalized spacial score (nSPS) is 10.3. The fourth-order valence-electron chi connectivity index (χ4n) is 2.08. The number of anilines is 1. The van der Waals surface area contributed by atoms with Crippen LogP contribution in [-0.2, 0) is 6.54 Å². The molecular formula is C17H14ClN5O2. The molecule has 2 heterocycles. The molecule has 0 bridgehead atoms. The first-order valence-corrected chi connectivity index (χ1v) is 7.80. The number of hydrogen-bond acceptors (Lipinski definition) is 4. The van der Waals surface area contributed by atoms with Gasteiger partial charge in [-0.2, -0.15) is 5.10 Å². The molecular weight excluding hydrogens is 342 g/mol. The van der Waals surface area contributed by atoms with Gasteiger partial charge in [0.1, 0.15) is 11.4 Å². The monoisotopic (exact) mass is 355 g/mol. The maximum absolute atomic E-state index is 12.1. The summed E-state index contributed by atoms with van der Waals surface area (Å²) in [6, 6.07) is 14.0. The Morgan fingerprint density at radius 1 is 1.08 bits per heavy atom. The fourth-order valence-corrected chi connectivity index (χ4v) is 2.24. The Morgan fingerprint density at radius 2 is 1.88 bits per heavy atom. The van der Waals surface area contributed by atoms with E-state index in [1.165, 1.54) is 18.3 Å². The molecule has 3 aromatic rings. The quantitative estimate of drug-likeness (QED) is 0.655. The van der Waals surface area contributed by atoms with Crippen LogP contribution in [0.25, 0.3) is 0 Å². The lowest BCUT2D eigenvalue weighted by molar-refractivity contribution is 0.0945. The average Bonchev–Trinajstić information content (AvgIpc) is 3.09. The highest BCUT2D eigenvalue weighted by molar-refractivity contribution is 6.30. The Bertz CT molecular complexity index is 895. The van der Waals surface area contributed by atoms with Crippen LogP contribution in [0.1, 0.15) is 26.5 Å². The van der Waals surface area contributed by atoms with Gasteiger partial charge < -0.3 is 10.6 Å². The average molecular weight is 356 g/mol. The van der Waals surface area contributed by atoms with Crippen molar-refractivity contribution in [3.8, 4) is 0 Å². The molecule has 3 N–H and O–H groups in total. The summed E-state index contributed by atoms with van der Waals surface area (Å²) in [4.78, 5) is 28.1. The van der Waals surface area contributed by atoms with Crippen LogP contribution in [0.2, 0.25) is 5.02 Å². The molecule has 2 amide bonds. The molecule has 2 aromatic heterocycles. The van der Waals surface area contributed by atoms with Crippen molar-refractivity contribution < 1.29 is 9.59 Å². The summed E-state index contributed by atoms with van der Waals surface area (Å²) in [6.45, 7) is 0.396. The number of aromatic nitrogens is 3. The summed E-state index contributed by atoms with van der Waals surface area (Å²) in [5.41, 5.74) is 1.38. The van der Waals surface area contributed by atoms with Crippen molar-refractivity contribution in [2.24, 2.45) is 0 Å². The molecule has 7 nitrogen and oxygen atoms in total. The van der Waals surface area contributed by atoms with Crippen molar-refractivity contribution in [1.82, 2.24) is 20.5 Å². The zero-order valence-electron chi connectivity index (χ0n) is 13.0. The minimum Gasteiger partial charge on any atom is -0.347 e. The highest BCUT2D eigenvalue weighted by Crippen LogP contribution is 2.11. The van der Waals surface area contributed by atoms with E-state index in [-0.39, 0.29) is 23.1 Å². The van der Waals surface area contributed by atoms with Crippen LogP contribution in [0.4, 0.5) is 5.82 Å². The minimum absolute atomic E-state index is 0.158. The van der Waals surface area contributed by atoms with Gasteiger partial charge >= 0.3 is 0 Å². The van der Waals surface area contributed by atoms with Gasteiger partial charge in [0.15, 0.2) is 5.82 Å². The molecule has 8 heteroatoms. The van der Waals surface area contributed by atoms with Crippen LogP contribution >= 0.6 is 11.6 Å². The third-order valence-electron chi connectivity index (χ3n) is 3.31. The van der Waals surface area contributed by atoms with Gasteiger partial charge in [0.25, 0.3) is 11.8 Å². The van der Waals surface area contributed by atoms with Crippen molar-refractivity contribution in [2.75, 3.05) is 5.32 Å². The number of H-pyrrole nitrogens is 1. The van der Waals surface area contributed by atoms with Gasteiger partial charge in [-0.15, -0.1) is 0 Å². The second-order valence-electron chi connectivity index (χ2n) is 5.15. The highest BCUT2D eigenvalue weighted by atomic mass is 35.5. The number of pyridine rings is 1. The molecule has 25 heavy (non-hydrogen) atoms. The minimum atomic E-state index is -0.467. The predicted octanol–water partition coefficient (Wildman–Crippen LogP) is 2.64. The van der Waals surface area contributed by atoms with Gasteiger partial charge in [0.05, 0.1) is 0 Å². The summed E-state index contributed by atoms with van der Waals surface area (Å²) >= 11 is 5.83. The first-order valence-electron chi connectivity index (χ1n) is 7.42. The van der Waals surface area contributed by atoms with Crippen LogP contribution < -0.4 is 10.6 Å². The number of hydrogen-bond donors (Lipinski definition) is 3. The van der Waals surface area contributed by atoms with Crippen molar-refractivity contribution in [3.63, 3.8) is 0 Å².